The summed E-state index contributed by atoms with van der Waals surface area (Å²) in [5.74, 6) is -3.09. The summed E-state index contributed by atoms with van der Waals surface area (Å²) in [5.41, 5.74) is 1.43. The minimum atomic E-state index is -0.930. The van der Waals surface area contributed by atoms with Crippen molar-refractivity contribution in [2.45, 2.75) is 32.1 Å². The van der Waals surface area contributed by atoms with Crippen LogP contribution in [-0.2, 0) is 27.2 Å². The van der Waals surface area contributed by atoms with Crippen LogP contribution in [0.1, 0.15) is 40.1 Å². The Morgan fingerprint density at radius 2 is 1.85 bits per heavy atom. The first-order valence-electron chi connectivity index (χ1n) is 8.96. The lowest BCUT2D eigenvalue weighted by atomic mass is 9.82. The second kappa shape index (κ2) is 6.54. The zero-order valence-electron chi connectivity index (χ0n) is 14.5. The number of amides is 1. The van der Waals surface area contributed by atoms with E-state index in [2.05, 4.69) is 5.32 Å². The van der Waals surface area contributed by atoms with E-state index in [1.807, 2.05) is 12.2 Å². The van der Waals surface area contributed by atoms with Gasteiger partial charge in [0.25, 0.3) is 0 Å². The lowest BCUT2D eigenvalue weighted by molar-refractivity contribution is -0.146. The van der Waals surface area contributed by atoms with Crippen LogP contribution >= 0.6 is 11.3 Å². The summed E-state index contributed by atoms with van der Waals surface area (Å²) in [6.07, 6.45) is 8.36. The number of esters is 1. The number of nitrogens with one attached hydrogen (secondary N) is 1. The van der Waals surface area contributed by atoms with Crippen molar-refractivity contribution in [1.29, 1.82) is 0 Å². The summed E-state index contributed by atoms with van der Waals surface area (Å²) < 4.78 is 4.93. The number of carbonyl (C=O) groups is 3. The molecule has 26 heavy (non-hydrogen) atoms. The van der Waals surface area contributed by atoms with Gasteiger partial charge < -0.3 is 15.2 Å². The number of allylic oxidation sites excluding steroid dienone is 2. The van der Waals surface area contributed by atoms with Gasteiger partial charge in [-0.2, -0.15) is 0 Å². The summed E-state index contributed by atoms with van der Waals surface area (Å²) in [6, 6.07) is 0. The Morgan fingerprint density at radius 3 is 2.54 bits per heavy atom. The first-order chi connectivity index (χ1) is 12.5. The van der Waals surface area contributed by atoms with E-state index in [1.165, 1.54) is 18.4 Å². The predicted molar refractivity (Wildman–Crippen MR) is 96.3 cm³/mol. The highest BCUT2D eigenvalue weighted by atomic mass is 32.1. The molecule has 1 amide bonds. The molecule has 4 atom stereocenters. The zero-order valence-corrected chi connectivity index (χ0v) is 15.3. The van der Waals surface area contributed by atoms with Gasteiger partial charge in [-0.15, -0.1) is 11.3 Å². The molecule has 3 aliphatic carbocycles. The van der Waals surface area contributed by atoms with Crippen molar-refractivity contribution in [3.05, 3.63) is 28.2 Å². The minimum Gasteiger partial charge on any atom is -0.481 e. The fraction of sp³-hybridized carbons (Fsp3) is 0.526. The van der Waals surface area contributed by atoms with Gasteiger partial charge in [0, 0.05) is 4.88 Å². The van der Waals surface area contributed by atoms with Gasteiger partial charge in [0.15, 0.2) is 0 Å². The van der Waals surface area contributed by atoms with Crippen LogP contribution in [0, 0.1) is 23.7 Å². The molecule has 1 aromatic heterocycles. The Balaban J connectivity index is 1.64. The second-order valence-electron chi connectivity index (χ2n) is 7.23. The number of carbonyl (C=O) groups excluding carboxylic acids is 2. The molecule has 138 valence electrons. The molecule has 4 rings (SSSR count). The topological polar surface area (TPSA) is 92.7 Å². The summed E-state index contributed by atoms with van der Waals surface area (Å²) in [7, 11) is 1.34. The number of anilines is 1. The minimum absolute atomic E-state index is 0.0442. The van der Waals surface area contributed by atoms with E-state index < -0.39 is 23.8 Å². The first-order valence-corrected chi connectivity index (χ1v) is 9.77. The largest absolute Gasteiger partial charge is 0.481 e. The molecule has 0 saturated heterocycles. The van der Waals surface area contributed by atoms with Gasteiger partial charge in [-0.25, -0.2) is 4.79 Å². The lowest BCUT2D eigenvalue weighted by Gasteiger charge is -2.23. The summed E-state index contributed by atoms with van der Waals surface area (Å²) in [6.45, 7) is 0. The molecule has 2 N–H and O–H groups in total. The van der Waals surface area contributed by atoms with Gasteiger partial charge in [-0.05, 0) is 49.5 Å². The lowest BCUT2D eigenvalue weighted by Crippen LogP contribution is -2.36. The molecule has 2 bridgehead atoms. The van der Waals surface area contributed by atoms with Crippen LogP contribution in [0.2, 0.25) is 0 Å². The molecular weight excluding hydrogens is 354 g/mol. The number of methoxy groups -OCH3 is 1. The molecule has 0 aliphatic heterocycles. The third-order valence-corrected chi connectivity index (χ3v) is 7.05. The van der Waals surface area contributed by atoms with Crippen LogP contribution < -0.4 is 5.32 Å². The number of hydrogen-bond acceptors (Lipinski definition) is 5. The number of aliphatic carboxylic acids is 1. The van der Waals surface area contributed by atoms with Crippen LogP contribution in [0.15, 0.2) is 12.2 Å². The molecule has 3 aliphatic rings. The third kappa shape index (κ3) is 2.65. The monoisotopic (exact) mass is 375 g/mol. The highest BCUT2D eigenvalue weighted by Crippen LogP contribution is 2.49. The molecule has 0 radical (unpaired) electrons. The van der Waals surface area contributed by atoms with Crippen LogP contribution in [-0.4, -0.2) is 30.1 Å². The molecule has 7 heteroatoms. The Kier molecular flexibility index (Phi) is 4.34. The van der Waals surface area contributed by atoms with Gasteiger partial charge in [-0.3, -0.25) is 9.59 Å². The van der Waals surface area contributed by atoms with Crippen LogP contribution in [0.4, 0.5) is 5.00 Å². The van der Waals surface area contributed by atoms with Crippen molar-refractivity contribution in [1.82, 2.24) is 0 Å². The molecule has 0 unspecified atom stereocenters. The number of hydrogen-bond donors (Lipinski definition) is 2. The molecule has 1 heterocycles. The fourth-order valence-electron chi connectivity index (χ4n) is 4.68. The standard InChI is InChI=1S/C19H21NO5S/c1-25-19(24)15-11-4-2-3-5-12(11)26-17(15)20-16(21)13-9-6-7-10(8-9)14(13)18(22)23/h6-7,9-10,13-14H,2-5,8H2,1H3,(H,20,21)(H,22,23)/t9-,10+,13+,14+/m1/s1. The highest BCUT2D eigenvalue weighted by molar-refractivity contribution is 7.17. The van der Waals surface area contributed by atoms with Crippen LogP contribution in [0.5, 0.6) is 0 Å². The number of carboxylic acid groups (broad SMARTS) is 1. The normalized spacial score (nSPS) is 28.7. The van der Waals surface area contributed by atoms with Crippen molar-refractivity contribution < 1.29 is 24.2 Å². The van der Waals surface area contributed by atoms with E-state index in [9.17, 15) is 19.5 Å². The average molecular weight is 375 g/mol. The van der Waals surface area contributed by atoms with Crippen molar-refractivity contribution in [3.63, 3.8) is 0 Å². The van der Waals surface area contributed by atoms with Gasteiger partial charge in [-0.1, -0.05) is 12.2 Å². The number of ether oxygens (including phenoxy) is 1. The van der Waals surface area contributed by atoms with E-state index in [1.54, 1.807) is 0 Å². The maximum absolute atomic E-state index is 12.9. The molecule has 1 saturated carbocycles. The van der Waals surface area contributed by atoms with Crippen molar-refractivity contribution in [3.8, 4) is 0 Å². The molecule has 0 aromatic carbocycles. The maximum Gasteiger partial charge on any atom is 0.341 e. The molecule has 1 aromatic rings. The number of rotatable bonds is 4. The fourth-order valence-corrected chi connectivity index (χ4v) is 5.96. The maximum atomic E-state index is 12.9. The smallest absolute Gasteiger partial charge is 0.341 e. The van der Waals surface area contributed by atoms with Crippen molar-refractivity contribution in [2.75, 3.05) is 12.4 Å². The molecule has 1 fully saturated rings. The average Bonchev–Trinajstić information content (AvgIpc) is 3.32. The second-order valence-corrected chi connectivity index (χ2v) is 8.34. The Morgan fingerprint density at radius 1 is 1.15 bits per heavy atom. The molecule has 6 nitrogen and oxygen atoms in total. The van der Waals surface area contributed by atoms with Crippen LogP contribution in [0.25, 0.3) is 0 Å². The van der Waals surface area contributed by atoms with Gasteiger partial charge in [0.2, 0.25) is 5.91 Å². The van der Waals surface area contributed by atoms with Gasteiger partial charge >= 0.3 is 11.9 Å². The summed E-state index contributed by atoms with van der Waals surface area (Å²) >= 11 is 1.42. The van der Waals surface area contributed by atoms with E-state index >= 15 is 0 Å². The quantitative estimate of drug-likeness (QED) is 0.624. The SMILES string of the molecule is COC(=O)c1c(NC(=O)[C@@H]2[C@@H](C(=O)O)[C@H]3C=C[C@@H]2C3)sc2c1CCCC2. The third-order valence-electron chi connectivity index (χ3n) is 5.84. The van der Waals surface area contributed by atoms with E-state index in [-0.39, 0.29) is 17.7 Å². The number of aryl methyl sites for hydroxylation is 1. The summed E-state index contributed by atoms with van der Waals surface area (Å²) in [4.78, 5) is 38.0. The van der Waals surface area contributed by atoms with Crippen molar-refractivity contribution >= 4 is 34.2 Å². The molecule has 0 spiro atoms. The zero-order chi connectivity index (χ0) is 18.4. The van der Waals surface area contributed by atoms with Gasteiger partial charge in [0.1, 0.15) is 5.00 Å². The number of thiophene rings is 1. The van der Waals surface area contributed by atoms with E-state index in [0.717, 1.165) is 36.1 Å². The Hall–Kier alpha value is -2.15. The predicted octanol–water partition coefficient (Wildman–Crippen LogP) is 2.87. The Bertz CT molecular complexity index is 811. The Labute approximate surface area is 155 Å². The summed E-state index contributed by atoms with van der Waals surface area (Å²) in [5, 5.41) is 12.9. The highest BCUT2D eigenvalue weighted by Gasteiger charge is 2.51. The first kappa shape index (κ1) is 17.3. The van der Waals surface area contributed by atoms with Gasteiger partial charge in [0.05, 0.1) is 24.5 Å². The van der Waals surface area contributed by atoms with Crippen LogP contribution in [0.3, 0.4) is 0 Å². The number of carboxylic acids is 1. The van der Waals surface area contributed by atoms with Crippen molar-refractivity contribution in [2.24, 2.45) is 23.7 Å². The van der Waals surface area contributed by atoms with E-state index in [4.69, 9.17) is 4.74 Å². The molecular formula is C19H21NO5S. The van der Waals surface area contributed by atoms with E-state index in [0.29, 0.717) is 17.0 Å². The number of fused-ring (bicyclic) bond motifs is 3.